The first-order valence-electron chi connectivity index (χ1n) is 7.85. The molecule has 2 rings (SSSR count). The van der Waals surface area contributed by atoms with E-state index in [0.29, 0.717) is 0 Å². The van der Waals surface area contributed by atoms with Gasteiger partial charge in [-0.3, -0.25) is 9.59 Å². The molecule has 0 saturated heterocycles. The van der Waals surface area contributed by atoms with Crippen LogP contribution in [0.15, 0.2) is 30.3 Å². The molecule has 0 aliphatic heterocycles. The molecule has 1 aromatic carbocycles. The van der Waals surface area contributed by atoms with Crippen LogP contribution in [-0.2, 0) is 9.59 Å². The summed E-state index contributed by atoms with van der Waals surface area (Å²) in [6.45, 7) is 3.62. The van der Waals surface area contributed by atoms with E-state index in [1.54, 1.807) is 0 Å². The lowest BCUT2D eigenvalue weighted by atomic mass is 10.1. The van der Waals surface area contributed by atoms with Crippen LogP contribution in [0, 0.1) is 5.92 Å². The topological polar surface area (TPSA) is 104 Å². The fourth-order valence-electron chi connectivity index (χ4n) is 2.13. The Bertz CT molecular complexity index is 681. The zero-order valence-electron chi connectivity index (χ0n) is 13.8. The number of amides is 2. The maximum Gasteiger partial charge on any atom is 0.239 e. The molecular formula is C17H23N3O3S. The first-order valence-corrected chi connectivity index (χ1v) is 8.66. The monoisotopic (exact) mass is 349 g/mol. The fourth-order valence-corrected chi connectivity index (χ4v) is 3.18. The number of nitrogens with one attached hydrogen (secondary N) is 2. The van der Waals surface area contributed by atoms with Crippen molar-refractivity contribution in [3.8, 4) is 0 Å². The lowest BCUT2D eigenvalue weighted by molar-refractivity contribution is -0.127. The zero-order chi connectivity index (χ0) is 17.7. The number of fused-ring (bicyclic) bond motifs is 1. The van der Waals surface area contributed by atoms with Gasteiger partial charge in [-0.05, 0) is 23.4 Å². The van der Waals surface area contributed by atoms with Gasteiger partial charge >= 0.3 is 0 Å². The summed E-state index contributed by atoms with van der Waals surface area (Å²) in [5, 5.41) is 16.4. The second kappa shape index (κ2) is 8.23. The molecule has 24 heavy (non-hydrogen) atoms. The van der Waals surface area contributed by atoms with Gasteiger partial charge < -0.3 is 21.5 Å². The van der Waals surface area contributed by atoms with Crippen molar-refractivity contribution in [3.05, 3.63) is 35.2 Å². The minimum atomic E-state index is -0.778. The normalized spacial score (nSPS) is 13.7. The number of rotatable bonds is 7. The van der Waals surface area contributed by atoms with Crippen molar-refractivity contribution >= 4 is 33.2 Å². The summed E-state index contributed by atoms with van der Waals surface area (Å²) in [7, 11) is 0. The summed E-state index contributed by atoms with van der Waals surface area (Å²) in [4.78, 5) is 24.3. The van der Waals surface area contributed by atoms with Crippen molar-refractivity contribution < 1.29 is 14.7 Å². The van der Waals surface area contributed by atoms with Gasteiger partial charge in [0.1, 0.15) is 6.10 Å². The highest BCUT2D eigenvalue weighted by Crippen LogP contribution is 2.29. The van der Waals surface area contributed by atoms with Gasteiger partial charge in [0, 0.05) is 16.1 Å². The van der Waals surface area contributed by atoms with Gasteiger partial charge in [-0.25, -0.2) is 0 Å². The number of hydrogen-bond donors (Lipinski definition) is 4. The molecule has 0 radical (unpaired) electrons. The van der Waals surface area contributed by atoms with Crippen LogP contribution in [0.25, 0.3) is 10.1 Å². The number of carbonyl (C=O) groups excluding carboxylic acids is 2. The molecule has 2 amide bonds. The van der Waals surface area contributed by atoms with Gasteiger partial charge in [0.25, 0.3) is 0 Å². The molecule has 2 aromatic rings. The van der Waals surface area contributed by atoms with Crippen molar-refractivity contribution in [2.75, 3.05) is 13.1 Å². The third-order valence-corrected chi connectivity index (χ3v) is 4.93. The maximum atomic E-state index is 11.8. The number of aliphatic hydroxyl groups excluding tert-OH is 1. The van der Waals surface area contributed by atoms with Gasteiger partial charge in [0.2, 0.25) is 11.8 Å². The highest BCUT2D eigenvalue weighted by molar-refractivity contribution is 7.19. The van der Waals surface area contributed by atoms with Gasteiger partial charge in [-0.2, -0.15) is 0 Å². The van der Waals surface area contributed by atoms with E-state index >= 15 is 0 Å². The van der Waals surface area contributed by atoms with E-state index in [9.17, 15) is 14.7 Å². The molecule has 0 fully saturated rings. The van der Waals surface area contributed by atoms with Crippen molar-refractivity contribution in [1.82, 2.24) is 10.6 Å². The summed E-state index contributed by atoms with van der Waals surface area (Å²) in [6, 6.07) is 9.14. The predicted octanol–water partition coefficient (Wildman–Crippen LogP) is 1.15. The molecule has 2 atom stereocenters. The molecule has 0 saturated carbocycles. The second-order valence-electron chi connectivity index (χ2n) is 5.99. The summed E-state index contributed by atoms with van der Waals surface area (Å²) >= 11 is 1.49. The van der Waals surface area contributed by atoms with Crippen molar-refractivity contribution in [3.63, 3.8) is 0 Å². The van der Waals surface area contributed by atoms with Gasteiger partial charge in [0.15, 0.2) is 0 Å². The number of nitrogens with two attached hydrogens (primary N) is 1. The molecule has 0 aliphatic rings. The van der Waals surface area contributed by atoms with Gasteiger partial charge in [-0.15, -0.1) is 11.3 Å². The maximum absolute atomic E-state index is 11.8. The average Bonchev–Trinajstić information content (AvgIpc) is 3.00. The van der Waals surface area contributed by atoms with Crippen molar-refractivity contribution in [2.24, 2.45) is 11.7 Å². The Balaban J connectivity index is 1.79. The van der Waals surface area contributed by atoms with E-state index in [4.69, 9.17) is 5.73 Å². The number of thiophene rings is 1. The van der Waals surface area contributed by atoms with E-state index in [0.717, 1.165) is 15.0 Å². The van der Waals surface area contributed by atoms with Crippen LogP contribution < -0.4 is 16.4 Å². The molecule has 0 bridgehead atoms. The van der Waals surface area contributed by atoms with Gasteiger partial charge in [-0.1, -0.05) is 32.0 Å². The molecule has 130 valence electrons. The first-order chi connectivity index (χ1) is 11.4. The zero-order valence-corrected chi connectivity index (χ0v) is 14.6. The molecule has 0 aliphatic carbocycles. The van der Waals surface area contributed by atoms with Gasteiger partial charge in [0.05, 0.1) is 12.6 Å². The molecule has 7 heteroatoms. The van der Waals surface area contributed by atoms with Crippen LogP contribution in [0.1, 0.15) is 24.8 Å². The minimum absolute atomic E-state index is 0.00263. The molecule has 1 aromatic heterocycles. The van der Waals surface area contributed by atoms with E-state index in [1.807, 2.05) is 44.2 Å². The first kappa shape index (κ1) is 18.4. The number of benzene rings is 1. The van der Waals surface area contributed by atoms with Crippen LogP contribution in [0.3, 0.4) is 0 Å². The van der Waals surface area contributed by atoms with Crippen molar-refractivity contribution in [1.29, 1.82) is 0 Å². The molecule has 1 unspecified atom stereocenters. The number of aliphatic hydroxyl groups is 1. The quantitative estimate of drug-likeness (QED) is 0.602. The second-order valence-corrected chi connectivity index (χ2v) is 7.11. The average molecular weight is 349 g/mol. The van der Waals surface area contributed by atoms with E-state index < -0.39 is 12.1 Å². The number of hydrogen-bond acceptors (Lipinski definition) is 5. The fraction of sp³-hybridized carbons (Fsp3) is 0.412. The highest BCUT2D eigenvalue weighted by atomic mass is 32.1. The van der Waals surface area contributed by atoms with Crippen LogP contribution in [0.5, 0.6) is 0 Å². The third-order valence-electron chi connectivity index (χ3n) is 3.71. The Morgan fingerprint density at radius 3 is 2.62 bits per heavy atom. The Morgan fingerprint density at radius 1 is 1.25 bits per heavy atom. The van der Waals surface area contributed by atoms with Crippen LogP contribution >= 0.6 is 11.3 Å². The summed E-state index contributed by atoms with van der Waals surface area (Å²) in [6.07, 6.45) is -0.778. The van der Waals surface area contributed by atoms with E-state index in [-0.39, 0.29) is 30.8 Å². The van der Waals surface area contributed by atoms with Crippen molar-refractivity contribution in [2.45, 2.75) is 26.0 Å². The number of carbonyl (C=O) groups is 2. The third kappa shape index (κ3) is 4.77. The summed E-state index contributed by atoms with van der Waals surface area (Å²) in [5.41, 5.74) is 5.70. The van der Waals surface area contributed by atoms with Crippen LogP contribution in [0.2, 0.25) is 0 Å². The minimum Gasteiger partial charge on any atom is -0.386 e. The highest BCUT2D eigenvalue weighted by Gasteiger charge is 2.18. The van der Waals surface area contributed by atoms with E-state index in [1.165, 1.54) is 11.3 Å². The van der Waals surface area contributed by atoms with Crippen LogP contribution in [0.4, 0.5) is 0 Å². The summed E-state index contributed by atoms with van der Waals surface area (Å²) < 4.78 is 1.09. The lowest BCUT2D eigenvalue weighted by Crippen LogP contribution is -2.47. The standard InChI is InChI=1S/C17H23N3O3S/c1-10(2)16(18)17(23)20-9-15(22)19-8-12(21)14-7-11-5-3-4-6-13(11)24-14/h3-7,10,12,16,21H,8-9,18H2,1-2H3,(H,19,22)(H,20,23)/t12?,16-/m0/s1. The Hall–Kier alpha value is -1.96. The van der Waals surface area contributed by atoms with E-state index in [2.05, 4.69) is 10.6 Å². The SMILES string of the molecule is CC(C)[C@H](N)C(=O)NCC(=O)NCC(O)c1cc2ccccc2s1. The lowest BCUT2D eigenvalue weighted by Gasteiger charge is -2.15. The Morgan fingerprint density at radius 2 is 1.96 bits per heavy atom. The molecule has 6 nitrogen and oxygen atoms in total. The summed E-state index contributed by atoms with van der Waals surface area (Å²) in [5.74, 6) is -0.715. The molecule has 0 spiro atoms. The Kier molecular flexibility index (Phi) is 6.30. The van der Waals surface area contributed by atoms with Crippen LogP contribution in [-0.4, -0.2) is 36.1 Å². The largest absolute Gasteiger partial charge is 0.386 e. The predicted molar refractivity (Wildman–Crippen MR) is 95.6 cm³/mol. The Labute approximate surface area is 145 Å². The smallest absolute Gasteiger partial charge is 0.239 e. The molecular weight excluding hydrogens is 326 g/mol. The molecule has 1 heterocycles. The molecule has 5 N–H and O–H groups in total.